The highest BCUT2D eigenvalue weighted by molar-refractivity contribution is 7.17. The molecule has 1 fully saturated rings. The summed E-state index contributed by atoms with van der Waals surface area (Å²) >= 11 is 1.83. The summed E-state index contributed by atoms with van der Waals surface area (Å²) in [6.45, 7) is 1.88. The van der Waals surface area contributed by atoms with E-state index in [4.69, 9.17) is 5.73 Å². The molecule has 1 aliphatic rings. The van der Waals surface area contributed by atoms with Crippen molar-refractivity contribution >= 4 is 21.4 Å². The highest BCUT2D eigenvalue weighted by atomic mass is 32.1. The van der Waals surface area contributed by atoms with E-state index in [1.54, 1.807) is 0 Å². The monoisotopic (exact) mass is 260 g/mol. The van der Waals surface area contributed by atoms with Crippen LogP contribution in [0.4, 0.5) is 0 Å². The first-order valence-electron chi connectivity index (χ1n) is 6.66. The standard InChI is InChI=1S/C15H20N2S/c1-17(9-11-6-7-11)14(8-16)13-10-18-15-5-3-2-4-12(13)15/h2-5,10-11,14H,6-9,16H2,1H3. The third-order valence-electron chi connectivity index (χ3n) is 3.87. The molecule has 0 bridgehead atoms. The van der Waals surface area contributed by atoms with E-state index < -0.39 is 0 Å². The Hall–Kier alpha value is -0.900. The molecule has 1 saturated carbocycles. The molecular weight excluding hydrogens is 240 g/mol. The lowest BCUT2D eigenvalue weighted by Crippen LogP contribution is -2.31. The predicted molar refractivity (Wildman–Crippen MR) is 79.0 cm³/mol. The first kappa shape index (κ1) is 12.2. The maximum Gasteiger partial charge on any atom is 0.0481 e. The normalized spacial score (nSPS) is 17.5. The predicted octanol–water partition coefficient (Wildman–Crippen LogP) is 3.24. The highest BCUT2D eigenvalue weighted by Crippen LogP contribution is 2.35. The molecule has 96 valence electrons. The van der Waals surface area contributed by atoms with Gasteiger partial charge in [0.05, 0.1) is 0 Å². The van der Waals surface area contributed by atoms with Crippen molar-refractivity contribution in [3.8, 4) is 0 Å². The summed E-state index contributed by atoms with van der Waals surface area (Å²) < 4.78 is 1.37. The zero-order valence-electron chi connectivity index (χ0n) is 10.8. The molecular formula is C15H20N2S. The van der Waals surface area contributed by atoms with Gasteiger partial charge >= 0.3 is 0 Å². The molecule has 0 aliphatic heterocycles. The zero-order chi connectivity index (χ0) is 12.5. The van der Waals surface area contributed by atoms with E-state index in [1.165, 1.54) is 35.0 Å². The van der Waals surface area contributed by atoms with Gasteiger partial charge in [-0.3, -0.25) is 4.90 Å². The van der Waals surface area contributed by atoms with Gasteiger partial charge in [-0.25, -0.2) is 0 Å². The summed E-state index contributed by atoms with van der Waals surface area (Å²) in [5, 5.41) is 3.66. The molecule has 3 rings (SSSR count). The van der Waals surface area contributed by atoms with Gasteiger partial charge in [0.15, 0.2) is 0 Å². The number of nitrogens with zero attached hydrogens (tertiary/aromatic N) is 1. The first-order chi connectivity index (χ1) is 8.79. The fourth-order valence-corrected chi connectivity index (χ4v) is 3.64. The van der Waals surface area contributed by atoms with Gasteiger partial charge < -0.3 is 5.73 Å². The van der Waals surface area contributed by atoms with Crippen LogP contribution in [0, 0.1) is 5.92 Å². The fraction of sp³-hybridized carbons (Fsp3) is 0.467. The van der Waals surface area contributed by atoms with E-state index in [9.17, 15) is 0 Å². The Morgan fingerprint density at radius 1 is 1.39 bits per heavy atom. The van der Waals surface area contributed by atoms with Crippen LogP contribution in [-0.2, 0) is 0 Å². The Kier molecular flexibility index (Phi) is 3.37. The van der Waals surface area contributed by atoms with Crippen LogP contribution in [0.3, 0.4) is 0 Å². The molecule has 3 heteroatoms. The van der Waals surface area contributed by atoms with Crippen molar-refractivity contribution in [3.63, 3.8) is 0 Å². The molecule has 1 aliphatic carbocycles. The summed E-state index contributed by atoms with van der Waals surface area (Å²) in [6.07, 6.45) is 2.79. The second-order valence-electron chi connectivity index (χ2n) is 5.32. The molecule has 0 amide bonds. The minimum atomic E-state index is 0.363. The number of hydrogen-bond acceptors (Lipinski definition) is 3. The number of fused-ring (bicyclic) bond motifs is 1. The van der Waals surface area contributed by atoms with Crippen LogP contribution in [0.1, 0.15) is 24.4 Å². The molecule has 1 unspecified atom stereocenters. The number of nitrogens with two attached hydrogens (primary N) is 1. The topological polar surface area (TPSA) is 29.3 Å². The number of rotatable bonds is 5. The Morgan fingerprint density at radius 3 is 2.89 bits per heavy atom. The second kappa shape index (κ2) is 5.00. The van der Waals surface area contributed by atoms with Gasteiger partial charge in [0, 0.05) is 23.8 Å². The molecule has 0 saturated heterocycles. The third kappa shape index (κ3) is 2.30. The van der Waals surface area contributed by atoms with Gasteiger partial charge in [0.25, 0.3) is 0 Å². The molecule has 0 radical (unpaired) electrons. The first-order valence-corrected chi connectivity index (χ1v) is 7.54. The van der Waals surface area contributed by atoms with Gasteiger partial charge in [0.1, 0.15) is 0 Å². The number of hydrogen-bond donors (Lipinski definition) is 1. The Bertz CT molecular complexity index is 530. The van der Waals surface area contributed by atoms with Crippen molar-refractivity contribution in [2.75, 3.05) is 20.1 Å². The summed E-state index contributed by atoms with van der Waals surface area (Å²) in [5.74, 6) is 0.911. The maximum atomic E-state index is 6.02. The molecule has 2 aromatic rings. The lowest BCUT2D eigenvalue weighted by Gasteiger charge is -2.27. The largest absolute Gasteiger partial charge is 0.329 e. The average molecular weight is 260 g/mol. The number of likely N-dealkylation sites (N-methyl/N-ethyl adjacent to an activating group) is 1. The van der Waals surface area contributed by atoms with E-state index in [0.29, 0.717) is 12.6 Å². The smallest absolute Gasteiger partial charge is 0.0481 e. The van der Waals surface area contributed by atoms with Gasteiger partial charge in [-0.15, -0.1) is 11.3 Å². The van der Waals surface area contributed by atoms with E-state index in [0.717, 1.165) is 5.92 Å². The van der Waals surface area contributed by atoms with E-state index in [2.05, 4.69) is 41.6 Å². The second-order valence-corrected chi connectivity index (χ2v) is 6.23. The molecule has 1 atom stereocenters. The lowest BCUT2D eigenvalue weighted by molar-refractivity contribution is 0.242. The van der Waals surface area contributed by atoms with E-state index in [1.807, 2.05) is 11.3 Å². The molecule has 1 heterocycles. The van der Waals surface area contributed by atoms with Crippen LogP contribution >= 0.6 is 11.3 Å². The van der Waals surface area contributed by atoms with Crippen LogP contribution in [0.25, 0.3) is 10.1 Å². The number of benzene rings is 1. The molecule has 1 aromatic carbocycles. The SMILES string of the molecule is CN(CC1CC1)C(CN)c1csc2ccccc12. The number of thiophene rings is 1. The molecule has 18 heavy (non-hydrogen) atoms. The van der Waals surface area contributed by atoms with Gasteiger partial charge in [-0.1, -0.05) is 18.2 Å². The minimum Gasteiger partial charge on any atom is -0.329 e. The quantitative estimate of drug-likeness (QED) is 0.894. The van der Waals surface area contributed by atoms with Crippen molar-refractivity contribution in [2.45, 2.75) is 18.9 Å². The minimum absolute atomic E-state index is 0.363. The van der Waals surface area contributed by atoms with Crippen LogP contribution in [0.5, 0.6) is 0 Å². The Balaban J connectivity index is 1.89. The van der Waals surface area contributed by atoms with Crippen molar-refractivity contribution in [1.82, 2.24) is 4.90 Å². The lowest BCUT2D eigenvalue weighted by atomic mass is 10.0. The van der Waals surface area contributed by atoms with E-state index >= 15 is 0 Å². The van der Waals surface area contributed by atoms with Gasteiger partial charge in [-0.2, -0.15) is 0 Å². The molecule has 2 nitrogen and oxygen atoms in total. The Morgan fingerprint density at radius 2 is 2.17 bits per heavy atom. The molecule has 2 N–H and O–H groups in total. The van der Waals surface area contributed by atoms with Crippen molar-refractivity contribution in [3.05, 3.63) is 35.2 Å². The zero-order valence-corrected chi connectivity index (χ0v) is 11.6. The summed E-state index contributed by atoms with van der Waals surface area (Å²) in [4.78, 5) is 2.44. The molecule has 0 spiro atoms. The average Bonchev–Trinajstić information content (AvgIpc) is 3.09. The Labute approximate surface area is 112 Å². The summed E-state index contributed by atoms with van der Waals surface area (Å²) in [7, 11) is 2.21. The van der Waals surface area contributed by atoms with Crippen LogP contribution in [0.15, 0.2) is 29.6 Å². The van der Waals surface area contributed by atoms with Crippen LogP contribution in [-0.4, -0.2) is 25.0 Å². The van der Waals surface area contributed by atoms with Crippen molar-refractivity contribution < 1.29 is 0 Å². The van der Waals surface area contributed by atoms with Crippen LogP contribution in [0.2, 0.25) is 0 Å². The van der Waals surface area contributed by atoms with Crippen LogP contribution < -0.4 is 5.73 Å². The summed E-state index contributed by atoms with van der Waals surface area (Å²) in [6, 6.07) is 9.00. The summed E-state index contributed by atoms with van der Waals surface area (Å²) in [5.41, 5.74) is 7.42. The van der Waals surface area contributed by atoms with Gasteiger partial charge in [0.2, 0.25) is 0 Å². The fourth-order valence-electron chi connectivity index (χ4n) is 2.64. The molecule has 1 aromatic heterocycles. The third-order valence-corrected chi connectivity index (χ3v) is 4.85. The maximum absolute atomic E-state index is 6.02. The van der Waals surface area contributed by atoms with Crippen molar-refractivity contribution in [2.24, 2.45) is 11.7 Å². The highest BCUT2D eigenvalue weighted by Gasteiger charge is 2.27. The van der Waals surface area contributed by atoms with E-state index in [-0.39, 0.29) is 0 Å². The van der Waals surface area contributed by atoms with Crippen molar-refractivity contribution in [1.29, 1.82) is 0 Å². The van der Waals surface area contributed by atoms with Gasteiger partial charge in [-0.05, 0) is 48.2 Å².